The van der Waals surface area contributed by atoms with Crippen LogP contribution in [0.4, 0.5) is 5.69 Å². The minimum Gasteiger partial charge on any atom is -0.507 e. The summed E-state index contributed by atoms with van der Waals surface area (Å²) in [4.78, 5) is 0. The molecule has 98 valence electrons. The molecule has 0 saturated heterocycles. The van der Waals surface area contributed by atoms with Gasteiger partial charge in [0, 0.05) is 16.8 Å². The molecule has 0 heterocycles. The smallest absolute Gasteiger partial charge is 0.123 e. The highest BCUT2D eigenvalue weighted by Crippen LogP contribution is 2.35. The minimum atomic E-state index is 0.242. The first-order valence-electron chi connectivity index (χ1n) is 6.49. The Balaban J connectivity index is 2.07. The van der Waals surface area contributed by atoms with Gasteiger partial charge in [-0.25, -0.2) is 0 Å². The van der Waals surface area contributed by atoms with E-state index >= 15 is 0 Å². The molecule has 0 unspecified atom stereocenters. The zero-order valence-corrected chi connectivity index (χ0v) is 11.0. The molecule has 0 saturated carbocycles. The van der Waals surface area contributed by atoms with Crippen LogP contribution in [-0.4, -0.2) is 5.11 Å². The van der Waals surface area contributed by atoms with Crippen LogP contribution >= 0.6 is 0 Å². The number of hydrogen-bond acceptors (Lipinski definition) is 2. The fraction of sp³-hybridized carbons (Fsp3) is 0. The quantitative estimate of drug-likeness (QED) is 0.675. The van der Waals surface area contributed by atoms with E-state index in [1.54, 1.807) is 12.1 Å². The summed E-state index contributed by atoms with van der Waals surface area (Å²) in [5.74, 6) is 0.242. The van der Waals surface area contributed by atoms with Gasteiger partial charge in [-0.3, -0.25) is 0 Å². The molecule has 0 amide bonds. The van der Waals surface area contributed by atoms with E-state index in [2.05, 4.69) is 12.1 Å². The first-order chi connectivity index (χ1) is 9.75. The van der Waals surface area contributed by atoms with E-state index in [0.717, 1.165) is 22.3 Å². The monoisotopic (exact) mass is 261 g/mol. The van der Waals surface area contributed by atoms with Crippen molar-refractivity contribution in [1.29, 1.82) is 0 Å². The minimum absolute atomic E-state index is 0.242. The Bertz CT molecular complexity index is 735. The van der Waals surface area contributed by atoms with Crippen LogP contribution in [0, 0.1) is 0 Å². The molecule has 0 bridgehead atoms. The predicted octanol–water partition coefficient (Wildman–Crippen LogP) is 4.31. The first kappa shape index (κ1) is 12.3. The highest BCUT2D eigenvalue weighted by Gasteiger charge is 2.08. The van der Waals surface area contributed by atoms with Crippen molar-refractivity contribution in [3.8, 4) is 28.0 Å². The van der Waals surface area contributed by atoms with Gasteiger partial charge in [0.25, 0.3) is 0 Å². The summed E-state index contributed by atoms with van der Waals surface area (Å²) in [5.41, 5.74) is 10.6. The predicted molar refractivity (Wildman–Crippen MR) is 83.4 cm³/mol. The van der Waals surface area contributed by atoms with Crippen molar-refractivity contribution in [2.75, 3.05) is 5.73 Å². The van der Waals surface area contributed by atoms with E-state index in [1.165, 1.54) is 0 Å². The Hall–Kier alpha value is -2.74. The number of phenols is 1. The summed E-state index contributed by atoms with van der Waals surface area (Å²) in [6, 6.07) is 23.2. The Morgan fingerprint density at radius 1 is 0.650 bits per heavy atom. The maximum absolute atomic E-state index is 9.92. The van der Waals surface area contributed by atoms with Crippen LogP contribution in [0.1, 0.15) is 0 Å². The SMILES string of the molecule is Nc1cc(-c2ccccc2)ccc1-c1ccccc1O. The van der Waals surface area contributed by atoms with Crippen LogP contribution in [0.15, 0.2) is 72.8 Å². The largest absolute Gasteiger partial charge is 0.507 e. The number of hydrogen-bond donors (Lipinski definition) is 2. The van der Waals surface area contributed by atoms with Gasteiger partial charge < -0.3 is 10.8 Å². The number of benzene rings is 3. The van der Waals surface area contributed by atoms with Gasteiger partial charge in [0.1, 0.15) is 5.75 Å². The van der Waals surface area contributed by atoms with Crippen LogP contribution in [0.2, 0.25) is 0 Å². The summed E-state index contributed by atoms with van der Waals surface area (Å²) in [5, 5.41) is 9.92. The topological polar surface area (TPSA) is 46.2 Å². The molecule has 0 aromatic heterocycles. The number of phenolic OH excluding ortho intramolecular Hbond substituents is 1. The van der Waals surface area contributed by atoms with Crippen molar-refractivity contribution in [2.45, 2.75) is 0 Å². The zero-order valence-electron chi connectivity index (χ0n) is 11.0. The van der Waals surface area contributed by atoms with Gasteiger partial charge in [-0.2, -0.15) is 0 Å². The van der Waals surface area contributed by atoms with Gasteiger partial charge in [0.05, 0.1) is 0 Å². The number of para-hydroxylation sites is 1. The van der Waals surface area contributed by atoms with Crippen molar-refractivity contribution < 1.29 is 5.11 Å². The fourth-order valence-corrected chi connectivity index (χ4v) is 2.32. The molecule has 0 fully saturated rings. The molecule has 2 heteroatoms. The zero-order chi connectivity index (χ0) is 13.9. The summed E-state index contributed by atoms with van der Waals surface area (Å²) in [6.07, 6.45) is 0. The van der Waals surface area contributed by atoms with Gasteiger partial charge in [-0.05, 0) is 23.3 Å². The van der Waals surface area contributed by atoms with Crippen LogP contribution < -0.4 is 5.73 Å². The van der Waals surface area contributed by atoms with Gasteiger partial charge in [-0.15, -0.1) is 0 Å². The highest BCUT2D eigenvalue weighted by molar-refractivity contribution is 5.83. The molecule has 3 aromatic carbocycles. The highest BCUT2D eigenvalue weighted by atomic mass is 16.3. The summed E-state index contributed by atoms with van der Waals surface area (Å²) < 4.78 is 0. The van der Waals surface area contributed by atoms with Crippen molar-refractivity contribution in [2.24, 2.45) is 0 Å². The van der Waals surface area contributed by atoms with E-state index in [1.807, 2.05) is 48.5 Å². The lowest BCUT2D eigenvalue weighted by molar-refractivity contribution is 0.477. The van der Waals surface area contributed by atoms with Gasteiger partial charge in [0.15, 0.2) is 0 Å². The second-order valence-corrected chi connectivity index (χ2v) is 4.69. The number of nitrogens with two attached hydrogens (primary N) is 1. The van der Waals surface area contributed by atoms with Crippen LogP contribution in [0.5, 0.6) is 5.75 Å². The Morgan fingerprint density at radius 2 is 1.35 bits per heavy atom. The van der Waals surface area contributed by atoms with Gasteiger partial charge in [0.2, 0.25) is 0 Å². The molecule has 0 spiro atoms. The molecule has 2 nitrogen and oxygen atoms in total. The summed E-state index contributed by atoms with van der Waals surface area (Å²) in [7, 11) is 0. The van der Waals surface area contributed by atoms with Crippen molar-refractivity contribution in [3.63, 3.8) is 0 Å². The van der Waals surface area contributed by atoms with Crippen LogP contribution in [-0.2, 0) is 0 Å². The molecule has 3 rings (SSSR count). The van der Waals surface area contributed by atoms with E-state index in [0.29, 0.717) is 5.69 Å². The molecule has 0 atom stereocenters. The molecule has 0 radical (unpaired) electrons. The third-order valence-electron chi connectivity index (χ3n) is 3.35. The maximum atomic E-state index is 9.92. The van der Waals surface area contributed by atoms with E-state index in [9.17, 15) is 5.11 Å². The summed E-state index contributed by atoms with van der Waals surface area (Å²) in [6.45, 7) is 0. The lowest BCUT2D eigenvalue weighted by Crippen LogP contribution is -1.91. The van der Waals surface area contributed by atoms with Crippen molar-refractivity contribution >= 4 is 5.69 Å². The standard InChI is InChI=1S/C18H15NO/c19-17-12-14(13-6-2-1-3-7-13)10-11-15(17)16-8-4-5-9-18(16)20/h1-12,20H,19H2. The van der Waals surface area contributed by atoms with E-state index < -0.39 is 0 Å². The third kappa shape index (κ3) is 2.24. The third-order valence-corrected chi connectivity index (χ3v) is 3.35. The van der Waals surface area contributed by atoms with Gasteiger partial charge >= 0.3 is 0 Å². The lowest BCUT2D eigenvalue weighted by atomic mass is 9.98. The molecule has 20 heavy (non-hydrogen) atoms. The maximum Gasteiger partial charge on any atom is 0.123 e. The van der Waals surface area contributed by atoms with E-state index in [4.69, 9.17) is 5.73 Å². The number of nitrogen functional groups attached to an aromatic ring is 1. The second kappa shape index (κ2) is 5.10. The van der Waals surface area contributed by atoms with Crippen LogP contribution in [0.25, 0.3) is 22.3 Å². The average molecular weight is 261 g/mol. The molecule has 0 aliphatic carbocycles. The number of aromatic hydroxyl groups is 1. The average Bonchev–Trinajstić information content (AvgIpc) is 2.49. The number of rotatable bonds is 2. The second-order valence-electron chi connectivity index (χ2n) is 4.69. The molecule has 0 aliphatic rings. The van der Waals surface area contributed by atoms with Gasteiger partial charge in [-0.1, -0.05) is 60.7 Å². The summed E-state index contributed by atoms with van der Waals surface area (Å²) >= 11 is 0. The Morgan fingerprint density at radius 3 is 2.05 bits per heavy atom. The molecular formula is C18H15NO. The molecular weight excluding hydrogens is 246 g/mol. The van der Waals surface area contributed by atoms with Crippen LogP contribution in [0.3, 0.4) is 0 Å². The first-order valence-corrected chi connectivity index (χ1v) is 6.49. The number of anilines is 1. The molecule has 3 aromatic rings. The molecule has 0 aliphatic heterocycles. The van der Waals surface area contributed by atoms with Crippen molar-refractivity contribution in [3.05, 3.63) is 72.8 Å². The Kier molecular flexibility index (Phi) is 3.13. The van der Waals surface area contributed by atoms with Crippen molar-refractivity contribution in [1.82, 2.24) is 0 Å². The normalized spacial score (nSPS) is 10.4. The lowest BCUT2D eigenvalue weighted by Gasteiger charge is -2.10. The fourth-order valence-electron chi connectivity index (χ4n) is 2.32. The Labute approximate surface area is 118 Å². The molecule has 3 N–H and O–H groups in total. The van der Waals surface area contributed by atoms with E-state index in [-0.39, 0.29) is 5.75 Å².